The van der Waals surface area contributed by atoms with Crippen LogP contribution in [-0.2, 0) is 14.8 Å². The van der Waals surface area contributed by atoms with E-state index in [0.717, 1.165) is 9.35 Å². The van der Waals surface area contributed by atoms with Gasteiger partial charge in [0.15, 0.2) is 0 Å². The molecule has 1 amide bonds. The van der Waals surface area contributed by atoms with Crippen molar-refractivity contribution < 1.29 is 13.2 Å². The van der Waals surface area contributed by atoms with Crippen LogP contribution in [0.2, 0.25) is 0 Å². The van der Waals surface area contributed by atoms with Crippen LogP contribution in [0.4, 0.5) is 0 Å². The molecule has 112 valence electrons. The maximum Gasteiger partial charge on any atom is 0.250 e. The summed E-state index contributed by atoms with van der Waals surface area (Å²) in [4.78, 5) is 13.0. The molecule has 2 heterocycles. The van der Waals surface area contributed by atoms with Gasteiger partial charge in [-0.1, -0.05) is 0 Å². The summed E-state index contributed by atoms with van der Waals surface area (Å²) in [5, 5.41) is 0. The molecule has 0 aromatic carbocycles. The number of rotatable bonds is 3. The van der Waals surface area contributed by atoms with E-state index in [1.807, 2.05) is 6.92 Å². The van der Waals surface area contributed by atoms with E-state index in [2.05, 4.69) is 20.7 Å². The Morgan fingerprint density at radius 2 is 2.05 bits per heavy atom. The zero-order valence-corrected chi connectivity index (χ0v) is 14.6. The third kappa shape index (κ3) is 3.60. The summed E-state index contributed by atoms with van der Waals surface area (Å²) in [5.74, 6) is 0.0455. The van der Waals surface area contributed by atoms with E-state index in [1.165, 1.54) is 18.3 Å². The van der Waals surface area contributed by atoms with Gasteiger partial charge in [0.25, 0.3) is 0 Å². The van der Waals surface area contributed by atoms with Crippen LogP contribution in [0.15, 0.2) is 14.1 Å². The van der Waals surface area contributed by atoms with Crippen LogP contribution >= 0.6 is 27.3 Å². The van der Waals surface area contributed by atoms with Gasteiger partial charge in [0.1, 0.15) is 4.21 Å². The Hall–Kier alpha value is -0.440. The SMILES string of the molecule is CC(=O)N1CCC(NS(=O)(=O)c2cc(C)c(Br)s2)CC1. The van der Waals surface area contributed by atoms with Crippen LogP contribution < -0.4 is 4.72 Å². The molecule has 20 heavy (non-hydrogen) atoms. The number of nitrogens with one attached hydrogen (secondary N) is 1. The Bertz CT molecular complexity index is 585. The molecule has 1 aromatic rings. The van der Waals surface area contributed by atoms with Crippen molar-refractivity contribution in [1.82, 2.24) is 9.62 Å². The van der Waals surface area contributed by atoms with E-state index < -0.39 is 10.0 Å². The highest BCUT2D eigenvalue weighted by atomic mass is 79.9. The number of likely N-dealkylation sites (tertiary alicyclic amines) is 1. The number of piperidine rings is 1. The van der Waals surface area contributed by atoms with Crippen molar-refractivity contribution in [1.29, 1.82) is 0 Å². The average Bonchev–Trinajstić information content (AvgIpc) is 2.71. The van der Waals surface area contributed by atoms with E-state index in [4.69, 9.17) is 0 Å². The molecule has 0 saturated carbocycles. The summed E-state index contributed by atoms with van der Waals surface area (Å²) in [6.07, 6.45) is 1.31. The third-order valence-electron chi connectivity index (χ3n) is 3.36. The Morgan fingerprint density at radius 3 is 2.50 bits per heavy atom. The number of halogens is 1. The van der Waals surface area contributed by atoms with Crippen molar-refractivity contribution in [2.45, 2.75) is 36.9 Å². The number of aryl methyl sites for hydroxylation is 1. The highest BCUT2D eigenvalue weighted by Gasteiger charge is 2.26. The smallest absolute Gasteiger partial charge is 0.250 e. The lowest BCUT2D eigenvalue weighted by Gasteiger charge is -2.31. The first-order valence-electron chi connectivity index (χ1n) is 6.33. The van der Waals surface area contributed by atoms with Crippen LogP contribution in [0.5, 0.6) is 0 Å². The second-order valence-corrected chi connectivity index (χ2v) is 9.23. The molecule has 0 atom stereocenters. The summed E-state index contributed by atoms with van der Waals surface area (Å²) < 4.78 is 28.5. The molecule has 1 fully saturated rings. The van der Waals surface area contributed by atoms with Gasteiger partial charge in [-0.15, -0.1) is 11.3 Å². The van der Waals surface area contributed by atoms with Crippen molar-refractivity contribution in [2.24, 2.45) is 0 Å². The van der Waals surface area contributed by atoms with Gasteiger partial charge in [0, 0.05) is 26.1 Å². The number of nitrogens with zero attached hydrogens (tertiary/aromatic N) is 1. The standard InChI is InChI=1S/C12H17BrN2O3S2/c1-8-7-11(19-12(8)13)20(17,18)14-10-3-5-15(6-4-10)9(2)16/h7,10,14H,3-6H2,1-2H3. The maximum absolute atomic E-state index is 12.3. The van der Waals surface area contributed by atoms with E-state index in [9.17, 15) is 13.2 Å². The van der Waals surface area contributed by atoms with Gasteiger partial charge in [0.05, 0.1) is 3.79 Å². The second-order valence-electron chi connectivity index (χ2n) is 4.92. The second kappa shape index (κ2) is 6.13. The predicted octanol–water partition coefficient (Wildman–Crippen LogP) is 2.11. The molecule has 1 N–H and O–H groups in total. The average molecular weight is 381 g/mol. The normalized spacial score (nSPS) is 17.4. The molecular formula is C12H17BrN2O3S2. The molecule has 0 unspecified atom stereocenters. The Morgan fingerprint density at radius 1 is 1.45 bits per heavy atom. The Kier molecular flexibility index (Phi) is 4.88. The fourth-order valence-electron chi connectivity index (χ4n) is 2.15. The van der Waals surface area contributed by atoms with Gasteiger partial charge in [-0.05, 0) is 47.3 Å². The molecule has 1 aliphatic rings. The molecule has 1 aliphatic heterocycles. The topological polar surface area (TPSA) is 66.5 Å². The van der Waals surface area contributed by atoms with E-state index in [0.29, 0.717) is 30.1 Å². The van der Waals surface area contributed by atoms with Crippen LogP contribution in [-0.4, -0.2) is 38.4 Å². The van der Waals surface area contributed by atoms with E-state index in [-0.39, 0.29) is 11.9 Å². The van der Waals surface area contributed by atoms with Gasteiger partial charge in [-0.25, -0.2) is 13.1 Å². The predicted molar refractivity (Wildman–Crippen MR) is 82.4 cm³/mol. The van der Waals surface area contributed by atoms with Gasteiger partial charge in [0.2, 0.25) is 15.9 Å². The fourth-order valence-corrected chi connectivity index (χ4v) is 5.70. The molecule has 2 rings (SSSR count). The Labute approximate surface area is 131 Å². The molecule has 0 spiro atoms. The number of carbonyl (C=O) groups is 1. The fraction of sp³-hybridized carbons (Fsp3) is 0.583. The first-order chi connectivity index (χ1) is 9.29. The number of hydrogen-bond acceptors (Lipinski definition) is 4. The van der Waals surface area contributed by atoms with Crippen LogP contribution in [0.3, 0.4) is 0 Å². The zero-order chi connectivity index (χ0) is 14.9. The third-order valence-corrected chi connectivity index (χ3v) is 7.49. The summed E-state index contributed by atoms with van der Waals surface area (Å²) in [7, 11) is -3.46. The highest BCUT2D eigenvalue weighted by Crippen LogP contribution is 2.30. The van der Waals surface area contributed by atoms with Crippen molar-refractivity contribution in [3.8, 4) is 0 Å². The summed E-state index contributed by atoms with van der Waals surface area (Å²) in [6.45, 7) is 4.62. The van der Waals surface area contributed by atoms with Gasteiger partial charge >= 0.3 is 0 Å². The number of sulfonamides is 1. The lowest BCUT2D eigenvalue weighted by atomic mass is 10.1. The molecule has 0 aliphatic carbocycles. The number of carbonyl (C=O) groups excluding carboxylic acids is 1. The number of amides is 1. The Balaban J connectivity index is 2.01. The summed E-state index contributed by atoms with van der Waals surface area (Å²) >= 11 is 4.56. The van der Waals surface area contributed by atoms with Crippen molar-refractivity contribution in [3.05, 3.63) is 15.4 Å². The van der Waals surface area contributed by atoms with Gasteiger partial charge in [-0.3, -0.25) is 4.79 Å². The van der Waals surface area contributed by atoms with Crippen LogP contribution in [0.25, 0.3) is 0 Å². The number of hydrogen-bond donors (Lipinski definition) is 1. The molecule has 0 bridgehead atoms. The molecule has 1 aromatic heterocycles. The monoisotopic (exact) mass is 380 g/mol. The van der Waals surface area contributed by atoms with E-state index in [1.54, 1.807) is 11.0 Å². The summed E-state index contributed by atoms with van der Waals surface area (Å²) in [6, 6.07) is 1.57. The molecule has 8 heteroatoms. The van der Waals surface area contributed by atoms with Crippen molar-refractivity contribution in [3.63, 3.8) is 0 Å². The zero-order valence-electron chi connectivity index (χ0n) is 11.3. The molecule has 5 nitrogen and oxygen atoms in total. The lowest BCUT2D eigenvalue weighted by Crippen LogP contribution is -2.45. The van der Waals surface area contributed by atoms with Gasteiger partial charge in [-0.2, -0.15) is 0 Å². The minimum absolute atomic E-state index is 0.0455. The lowest BCUT2D eigenvalue weighted by molar-refractivity contribution is -0.129. The molecule has 1 saturated heterocycles. The minimum atomic E-state index is -3.46. The summed E-state index contributed by atoms with van der Waals surface area (Å²) in [5.41, 5.74) is 0.918. The highest BCUT2D eigenvalue weighted by molar-refractivity contribution is 9.11. The van der Waals surface area contributed by atoms with Crippen LogP contribution in [0.1, 0.15) is 25.3 Å². The number of thiophene rings is 1. The first kappa shape index (κ1) is 15.9. The van der Waals surface area contributed by atoms with E-state index >= 15 is 0 Å². The first-order valence-corrected chi connectivity index (χ1v) is 9.42. The van der Waals surface area contributed by atoms with Crippen molar-refractivity contribution >= 4 is 43.2 Å². The van der Waals surface area contributed by atoms with Gasteiger partial charge < -0.3 is 4.90 Å². The van der Waals surface area contributed by atoms with Crippen LogP contribution in [0, 0.1) is 6.92 Å². The largest absolute Gasteiger partial charge is 0.343 e. The maximum atomic E-state index is 12.3. The minimum Gasteiger partial charge on any atom is -0.343 e. The quantitative estimate of drug-likeness (QED) is 0.872. The molecular weight excluding hydrogens is 364 g/mol. The molecule has 0 radical (unpaired) electrons. The van der Waals surface area contributed by atoms with Crippen molar-refractivity contribution in [2.75, 3.05) is 13.1 Å².